The predicted molar refractivity (Wildman–Crippen MR) is 217 cm³/mol. The minimum Gasteiger partial charge on any atom is -0.457 e. The van der Waals surface area contributed by atoms with E-state index in [-0.39, 0.29) is 0 Å². The van der Waals surface area contributed by atoms with E-state index in [2.05, 4.69) is 143 Å². The topological polar surface area (TPSA) is 67.0 Å². The van der Waals surface area contributed by atoms with Crippen LogP contribution in [0.5, 0.6) is 11.5 Å². The molecule has 6 aromatic carbocycles. The van der Waals surface area contributed by atoms with Gasteiger partial charge < -0.3 is 14.2 Å². The second-order valence-electron chi connectivity index (χ2n) is 14.1. The molecule has 9 aromatic rings. The van der Waals surface area contributed by atoms with Crippen molar-refractivity contribution in [3.8, 4) is 34.6 Å². The van der Waals surface area contributed by atoms with Crippen LogP contribution in [0.25, 0.3) is 38.9 Å². The number of ether oxygens (including phenoxy) is 1. The van der Waals surface area contributed by atoms with Gasteiger partial charge in [-0.15, -0.1) is 0 Å². The van der Waals surface area contributed by atoms with Gasteiger partial charge in [-0.1, -0.05) is 66.4 Å². The van der Waals surface area contributed by atoms with Crippen LogP contribution in [0.4, 0.5) is 17.1 Å². The number of aromatic nitrogens is 3. The van der Waals surface area contributed by atoms with E-state index in [0.29, 0.717) is 5.56 Å². The van der Waals surface area contributed by atoms with Gasteiger partial charge in [-0.05, 0) is 108 Å². The highest BCUT2D eigenvalue weighted by Crippen LogP contribution is 2.62. The second kappa shape index (κ2) is 11.2. The lowest BCUT2D eigenvalue weighted by Gasteiger charge is -2.40. The summed E-state index contributed by atoms with van der Waals surface area (Å²) in [6.45, 7) is 0. The molecule has 0 atom stereocenters. The maximum Gasteiger partial charge on any atom is 0.132 e. The summed E-state index contributed by atoms with van der Waals surface area (Å²) in [5, 5.41) is 11.9. The molecule has 2 aliphatic heterocycles. The number of nitriles is 1. The minimum absolute atomic E-state index is 0.636. The predicted octanol–water partition coefficient (Wildman–Crippen LogP) is 11.8. The monoisotopic (exact) mass is 721 g/mol. The van der Waals surface area contributed by atoms with Crippen molar-refractivity contribution in [2.45, 2.75) is 15.2 Å². The fourth-order valence-corrected chi connectivity index (χ4v) is 10.2. The van der Waals surface area contributed by atoms with Gasteiger partial charge in [0.15, 0.2) is 0 Å². The van der Waals surface area contributed by atoms with Crippen LogP contribution in [-0.2, 0) is 5.41 Å². The lowest BCUT2D eigenvalue weighted by Crippen LogP contribution is -2.32. The molecule has 1 aliphatic carbocycles. The fraction of sp³-hybridized carbons (Fsp3) is 0.0208. The van der Waals surface area contributed by atoms with E-state index in [1.807, 2.05) is 36.7 Å². The molecule has 7 heteroatoms. The summed E-state index contributed by atoms with van der Waals surface area (Å²) in [4.78, 5) is 14.8. The number of hydrogen-bond acceptors (Lipinski definition) is 6. The van der Waals surface area contributed by atoms with Crippen molar-refractivity contribution >= 4 is 50.6 Å². The number of para-hydroxylation sites is 3. The van der Waals surface area contributed by atoms with Crippen molar-refractivity contribution in [1.29, 1.82) is 5.26 Å². The number of fused-ring (bicyclic) bond motifs is 14. The average Bonchev–Trinajstić information content (AvgIpc) is 3.73. The van der Waals surface area contributed by atoms with E-state index >= 15 is 0 Å². The SMILES string of the molecule is N#Cc1ccc2c(c1)c1ccccc1n2-c1ccc2c(c1)C1(c3cc(N4c5ccccc5Sc5ccccc54)ccc3O2)c2cccnc2-c2ncccc21. The van der Waals surface area contributed by atoms with Crippen molar-refractivity contribution < 1.29 is 4.74 Å². The molecule has 0 saturated heterocycles. The molecule has 55 heavy (non-hydrogen) atoms. The van der Waals surface area contributed by atoms with Crippen molar-refractivity contribution in [1.82, 2.24) is 14.5 Å². The fourth-order valence-electron chi connectivity index (χ4n) is 9.16. The van der Waals surface area contributed by atoms with Gasteiger partial charge >= 0.3 is 0 Å². The quantitative estimate of drug-likeness (QED) is 0.177. The van der Waals surface area contributed by atoms with Gasteiger partial charge in [-0.2, -0.15) is 5.26 Å². The van der Waals surface area contributed by atoms with E-state index in [1.165, 1.54) is 9.79 Å². The van der Waals surface area contributed by atoms with E-state index < -0.39 is 5.41 Å². The van der Waals surface area contributed by atoms with E-state index in [0.717, 1.165) is 89.7 Å². The Morgan fingerprint density at radius 3 is 1.84 bits per heavy atom. The molecule has 0 radical (unpaired) electrons. The highest BCUT2D eigenvalue weighted by atomic mass is 32.2. The van der Waals surface area contributed by atoms with Crippen molar-refractivity contribution in [3.05, 3.63) is 192 Å². The molecular formula is C48H27N5OS. The number of nitrogens with zero attached hydrogens (tertiary/aromatic N) is 5. The molecule has 0 saturated carbocycles. The van der Waals surface area contributed by atoms with Crippen molar-refractivity contribution in [3.63, 3.8) is 0 Å². The van der Waals surface area contributed by atoms with Gasteiger partial charge in [0.05, 0.1) is 50.8 Å². The normalized spacial score (nSPS) is 14.0. The first kappa shape index (κ1) is 30.3. The third-order valence-corrected chi connectivity index (χ3v) is 12.5. The third-order valence-electron chi connectivity index (χ3n) is 11.4. The lowest BCUT2D eigenvalue weighted by atomic mass is 9.66. The molecule has 5 heterocycles. The van der Waals surface area contributed by atoms with Crippen LogP contribution in [0.2, 0.25) is 0 Å². The number of hydrogen-bond donors (Lipinski definition) is 0. The van der Waals surface area contributed by atoms with Crippen LogP contribution >= 0.6 is 11.8 Å². The molecule has 0 amide bonds. The standard InChI is InChI=1S/C48H27N5OS/c49-28-29-17-20-39-33(25-29)32-9-1-2-12-38(32)52(39)30-18-21-42-36(26-30)48(34-10-7-23-50-46(34)47-35(48)11-8-24-51-47)37-27-31(19-22-43(37)54-42)53-40-13-3-5-15-44(40)55-45-16-6-4-14-41(45)53/h1-27H. The maximum absolute atomic E-state index is 9.80. The summed E-state index contributed by atoms with van der Waals surface area (Å²) < 4.78 is 9.24. The summed E-state index contributed by atoms with van der Waals surface area (Å²) >= 11 is 1.80. The zero-order valence-electron chi connectivity index (χ0n) is 29.1. The van der Waals surface area contributed by atoms with Gasteiger partial charge in [0.2, 0.25) is 0 Å². The molecule has 1 spiro atoms. The Bertz CT molecular complexity index is 3070. The van der Waals surface area contributed by atoms with Gasteiger partial charge in [0.25, 0.3) is 0 Å². The van der Waals surface area contributed by atoms with Crippen LogP contribution in [0.15, 0.2) is 174 Å². The van der Waals surface area contributed by atoms with Crippen LogP contribution in [0, 0.1) is 11.3 Å². The molecule has 256 valence electrons. The van der Waals surface area contributed by atoms with Gasteiger partial charge in [-0.25, -0.2) is 0 Å². The second-order valence-corrected chi connectivity index (χ2v) is 15.2. The first-order chi connectivity index (χ1) is 27.2. The van der Waals surface area contributed by atoms with Crippen LogP contribution < -0.4 is 9.64 Å². The highest BCUT2D eigenvalue weighted by molar-refractivity contribution is 7.99. The van der Waals surface area contributed by atoms with Crippen LogP contribution in [-0.4, -0.2) is 14.5 Å². The Morgan fingerprint density at radius 2 is 1.15 bits per heavy atom. The van der Waals surface area contributed by atoms with Gasteiger partial charge in [0.1, 0.15) is 11.5 Å². The molecule has 6 nitrogen and oxygen atoms in total. The number of rotatable bonds is 2. The largest absolute Gasteiger partial charge is 0.457 e. The Morgan fingerprint density at radius 1 is 0.545 bits per heavy atom. The molecule has 0 N–H and O–H groups in total. The molecule has 3 aliphatic rings. The van der Waals surface area contributed by atoms with Crippen molar-refractivity contribution in [2.75, 3.05) is 4.90 Å². The van der Waals surface area contributed by atoms with E-state index in [1.54, 1.807) is 11.8 Å². The summed E-state index contributed by atoms with van der Waals surface area (Å²) in [6, 6.07) is 55.5. The highest BCUT2D eigenvalue weighted by Gasteiger charge is 2.53. The lowest BCUT2D eigenvalue weighted by molar-refractivity contribution is 0.436. The summed E-state index contributed by atoms with van der Waals surface area (Å²) in [7, 11) is 0. The molecule has 0 bridgehead atoms. The average molecular weight is 722 g/mol. The molecule has 3 aromatic heterocycles. The minimum atomic E-state index is -0.793. The molecule has 0 unspecified atom stereocenters. The number of anilines is 3. The molecule has 0 fully saturated rings. The maximum atomic E-state index is 9.80. The Balaban J connectivity index is 1.16. The first-order valence-corrected chi connectivity index (χ1v) is 19.0. The number of benzene rings is 6. The van der Waals surface area contributed by atoms with Crippen molar-refractivity contribution in [2.24, 2.45) is 0 Å². The van der Waals surface area contributed by atoms with Gasteiger partial charge in [-0.3, -0.25) is 9.97 Å². The van der Waals surface area contributed by atoms with Gasteiger partial charge in [0, 0.05) is 55.5 Å². The van der Waals surface area contributed by atoms with Crippen LogP contribution in [0.1, 0.15) is 27.8 Å². The number of pyridine rings is 2. The zero-order chi connectivity index (χ0) is 36.3. The molecular weight excluding hydrogens is 695 g/mol. The smallest absolute Gasteiger partial charge is 0.132 e. The molecule has 12 rings (SSSR count). The first-order valence-electron chi connectivity index (χ1n) is 18.2. The Kier molecular flexibility index (Phi) is 6.17. The summed E-state index contributed by atoms with van der Waals surface area (Å²) in [6.07, 6.45) is 3.72. The zero-order valence-corrected chi connectivity index (χ0v) is 30.0. The third kappa shape index (κ3) is 4.04. The van der Waals surface area contributed by atoms with Crippen LogP contribution in [0.3, 0.4) is 0 Å². The summed E-state index contributed by atoms with van der Waals surface area (Å²) in [5.41, 5.74) is 12.2. The van der Waals surface area contributed by atoms with E-state index in [4.69, 9.17) is 14.7 Å². The Hall–Kier alpha value is -7.14. The summed E-state index contributed by atoms with van der Waals surface area (Å²) in [5.74, 6) is 1.58. The van der Waals surface area contributed by atoms with E-state index in [9.17, 15) is 5.26 Å². The Labute approximate surface area is 320 Å².